The second-order valence-corrected chi connectivity index (χ2v) is 19.2. The van der Waals surface area contributed by atoms with Crippen LogP contribution in [0.25, 0.3) is 39.5 Å². The number of fused-ring (bicyclic) bond motifs is 7. The van der Waals surface area contributed by atoms with Crippen molar-refractivity contribution in [3.8, 4) is 22.7 Å². The maximum atomic E-state index is 15.1. The molecule has 302 valence electrons. The van der Waals surface area contributed by atoms with Gasteiger partial charge in [0.05, 0.1) is 61.0 Å². The van der Waals surface area contributed by atoms with E-state index in [9.17, 15) is 13.2 Å². The van der Waals surface area contributed by atoms with E-state index in [0.717, 1.165) is 95.2 Å². The summed E-state index contributed by atoms with van der Waals surface area (Å²) >= 11 is 0. The molecule has 5 heterocycles. The number of nitrogens with zero attached hydrogens (tertiary/aromatic N) is 4. The normalized spacial score (nSPS) is 20.9. The minimum Gasteiger partial charge on any atom is -0.497 e. The van der Waals surface area contributed by atoms with Crippen LogP contribution in [0, 0.1) is 24.7 Å². The van der Waals surface area contributed by atoms with Crippen molar-refractivity contribution in [3.05, 3.63) is 94.6 Å². The van der Waals surface area contributed by atoms with Crippen molar-refractivity contribution in [2.45, 2.75) is 89.9 Å². The first-order valence-corrected chi connectivity index (χ1v) is 22.3. The number of benzene rings is 2. The van der Waals surface area contributed by atoms with E-state index < -0.39 is 21.2 Å². The van der Waals surface area contributed by atoms with Crippen LogP contribution in [0.4, 0.5) is 0 Å². The SMILES string of the molecule is COc1ccc2c(c1)C=C(c1c(C(=O)C3C4CCCC3COC4)cnn1-c1ccncc1C)Cn1c-2c(C2CCCCC2)c2ccc(C(=O)NS(=O)(=O)C(C)C)cc21. The van der Waals surface area contributed by atoms with Gasteiger partial charge in [0.2, 0.25) is 10.0 Å². The minimum absolute atomic E-state index is 0.104. The highest BCUT2D eigenvalue weighted by Gasteiger charge is 2.43. The van der Waals surface area contributed by atoms with Crippen molar-refractivity contribution in [3.63, 3.8) is 0 Å². The molecule has 0 spiro atoms. The quantitative estimate of drug-likeness (QED) is 0.147. The second kappa shape index (κ2) is 15.3. The van der Waals surface area contributed by atoms with Crippen molar-refractivity contribution in [1.82, 2.24) is 24.1 Å². The first-order chi connectivity index (χ1) is 28.0. The zero-order chi connectivity index (χ0) is 40.3. The van der Waals surface area contributed by atoms with E-state index in [0.29, 0.717) is 37.0 Å². The van der Waals surface area contributed by atoms with E-state index in [1.54, 1.807) is 39.4 Å². The lowest BCUT2D eigenvalue weighted by molar-refractivity contribution is -0.0444. The van der Waals surface area contributed by atoms with Gasteiger partial charge in [-0.2, -0.15) is 5.10 Å². The molecule has 1 saturated heterocycles. The Hall–Kier alpha value is -5.07. The van der Waals surface area contributed by atoms with Crippen molar-refractivity contribution in [1.29, 1.82) is 0 Å². The number of methoxy groups -OCH3 is 1. The molecule has 2 aliphatic heterocycles. The lowest BCUT2D eigenvalue weighted by Crippen LogP contribution is -2.43. The molecule has 2 bridgehead atoms. The predicted octanol–water partition coefficient (Wildman–Crippen LogP) is 8.52. The summed E-state index contributed by atoms with van der Waals surface area (Å²) in [6, 6.07) is 13.7. The molecule has 2 aliphatic carbocycles. The third-order valence-electron chi connectivity index (χ3n) is 13.1. The molecule has 9 rings (SSSR count). The molecule has 1 amide bonds. The fraction of sp³-hybridized carbons (Fsp3) is 0.435. The Morgan fingerprint density at radius 2 is 1.71 bits per heavy atom. The number of Topliss-reactive ketones (excluding diaryl/α,β-unsaturated/α-hetero) is 1. The monoisotopic (exact) mass is 801 g/mol. The molecule has 2 saturated carbocycles. The van der Waals surface area contributed by atoms with Crippen molar-refractivity contribution in [2.75, 3.05) is 20.3 Å². The molecule has 3 fully saturated rings. The van der Waals surface area contributed by atoms with Crippen molar-refractivity contribution < 1.29 is 27.5 Å². The summed E-state index contributed by atoms with van der Waals surface area (Å²) in [6.45, 7) is 6.64. The molecule has 2 aromatic carbocycles. The summed E-state index contributed by atoms with van der Waals surface area (Å²) in [7, 11) is -2.19. The minimum atomic E-state index is -3.86. The Morgan fingerprint density at radius 1 is 0.931 bits per heavy atom. The van der Waals surface area contributed by atoms with Gasteiger partial charge in [-0.05, 0) is 129 Å². The molecule has 58 heavy (non-hydrogen) atoms. The number of carbonyl (C=O) groups is 2. The Kier molecular flexibility index (Phi) is 10.1. The van der Waals surface area contributed by atoms with E-state index in [4.69, 9.17) is 14.6 Å². The molecule has 2 unspecified atom stereocenters. The molecule has 2 atom stereocenters. The highest BCUT2D eigenvalue weighted by Crippen LogP contribution is 2.49. The summed E-state index contributed by atoms with van der Waals surface area (Å²) in [5.74, 6) is 0.616. The number of pyridine rings is 1. The highest BCUT2D eigenvalue weighted by atomic mass is 32.2. The number of ether oxygens (including phenoxy) is 2. The first-order valence-electron chi connectivity index (χ1n) is 20.8. The molecule has 0 radical (unpaired) electrons. The summed E-state index contributed by atoms with van der Waals surface area (Å²) in [4.78, 5) is 33.2. The lowest BCUT2D eigenvalue weighted by atomic mass is 9.68. The number of sulfonamides is 1. The van der Waals surface area contributed by atoms with Gasteiger partial charge in [0.15, 0.2) is 5.78 Å². The van der Waals surface area contributed by atoms with Gasteiger partial charge in [-0.3, -0.25) is 14.6 Å². The van der Waals surface area contributed by atoms with Crippen LogP contribution in [0.3, 0.4) is 0 Å². The number of rotatable bonds is 9. The van der Waals surface area contributed by atoms with E-state index in [-0.39, 0.29) is 29.1 Å². The summed E-state index contributed by atoms with van der Waals surface area (Å²) in [5, 5.41) is 5.26. The number of hydrogen-bond acceptors (Lipinski definition) is 8. The average molecular weight is 802 g/mol. The van der Waals surface area contributed by atoms with Gasteiger partial charge in [-0.25, -0.2) is 17.8 Å². The van der Waals surface area contributed by atoms with Crippen molar-refractivity contribution in [2.24, 2.45) is 17.8 Å². The van der Waals surface area contributed by atoms with Crippen LogP contribution in [0.1, 0.15) is 114 Å². The number of nitrogens with one attached hydrogen (secondary N) is 1. The van der Waals surface area contributed by atoms with Gasteiger partial charge in [0.1, 0.15) is 5.75 Å². The maximum Gasteiger partial charge on any atom is 0.264 e. The van der Waals surface area contributed by atoms with Crippen LogP contribution in [-0.2, 0) is 21.3 Å². The van der Waals surface area contributed by atoms with Crippen molar-refractivity contribution >= 4 is 44.3 Å². The Balaban J connectivity index is 1.29. The average Bonchev–Trinajstić information content (AvgIpc) is 3.74. The van der Waals surface area contributed by atoms with Crippen LogP contribution in [0.5, 0.6) is 5.75 Å². The fourth-order valence-corrected chi connectivity index (χ4v) is 10.7. The number of hydrogen-bond donors (Lipinski definition) is 1. The Labute approximate surface area is 339 Å². The van der Waals surface area contributed by atoms with Gasteiger partial charge in [-0.15, -0.1) is 0 Å². The number of carbonyl (C=O) groups excluding carboxylic acids is 2. The highest BCUT2D eigenvalue weighted by molar-refractivity contribution is 7.90. The topological polar surface area (TPSA) is 134 Å². The number of aryl methyl sites for hydroxylation is 1. The van der Waals surface area contributed by atoms with Gasteiger partial charge >= 0.3 is 0 Å². The standard InChI is InChI=1S/C46H51N5O6S/c1-27(2)58(54,55)49-46(53)30-13-15-37-40(21-30)50-24-34(19-33-20-35(56-4)14-16-36(33)44(50)42(37)29-9-6-5-7-10-29)43-38(23-48-51(43)39-17-18-47-22-28(39)3)45(52)41-31-11-8-12-32(41)26-57-25-31/h13-23,27,29,31-32,41H,5-12,24-26H2,1-4H3,(H,49,53). The molecule has 3 aromatic heterocycles. The molecular formula is C46H51N5O6S. The van der Waals surface area contributed by atoms with Gasteiger partial charge in [0.25, 0.3) is 5.91 Å². The molecule has 12 heteroatoms. The van der Waals surface area contributed by atoms with Crippen LogP contribution in [-0.4, -0.2) is 65.0 Å². The zero-order valence-electron chi connectivity index (χ0n) is 33.7. The first kappa shape index (κ1) is 38.4. The number of ketones is 1. The van der Waals surface area contributed by atoms with Crippen LogP contribution < -0.4 is 9.46 Å². The number of allylic oxidation sites excluding steroid dienone is 1. The predicted molar refractivity (Wildman–Crippen MR) is 225 cm³/mol. The van der Waals surface area contributed by atoms with Crippen LogP contribution >= 0.6 is 0 Å². The van der Waals surface area contributed by atoms with Gasteiger partial charge in [0, 0.05) is 40.3 Å². The zero-order valence-corrected chi connectivity index (χ0v) is 34.5. The summed E-state index contributed by atoms with van der Waals surface area (Å²) < 4.78 is 44.0. The van der Waals surface area contributed by atoms with Crippen LogP contribution in [0.15, 0.2) is 61.1 Å². The number of aromatic nitrogens is 4. The van der Waals surface area contributed by atoms with E-state index >= 15 is 4.79 Å². The molecule has 1 N–H and O–H groups in total. The fourth-order valence-electron chi connectivity index (χ4n) is 10.1. The molecule has 11 nitrogen and oxygen atoms in total. The largest absolute Gasteiger partial charge is 0.497 e. The molecule has 5 aromatic rings. The third kappa shape index (κ3) is 6.67. The third-order valence-corrected chi connectivity index (χ3v) is 14.8. The maximum absolute atomic E-state index is 15.1. The molecule has 4 aliphatic rings. The smallest absolute Gasteiger partial charge is 0.264 e. The summed E-state index contributed by atoms with van der Waals surface area (Å²) in [5.41, 5.74) is 9.32. The van der Waals surface area contributed by atoms with Gasteiger partial charge in [-0.1, -0.05) is 31.7 Å². The van der Waals surface area contributed by atoms with E-state index in [2.05, 4.69) is 32.5 Å². The summed E-state index contributed by atoms with van der Waals surface area (Å²) in [6.07, 6.45) is 16.1. The second-order valence-electron chi connectivity index (χ2n) is 16.9. The number of amides is 1. The van der Waals surface area contributed by atoms with Crippen LogP contribution in [0.2, 0.25) is 0 Å². The van der Waals surface area contributed by atoms with E-state index in [1.165, 1.54) is 12.0 Å². The lowest BCUT2D eigenvalue weighted by Gasteiger charge is -2.41. The molecular weight excluding hydrogens is 751 g/mol. The Morgan fingerprint density at radius 3 is 2.43 bits per heavy atom. The Bertz CT molecular complexity index is 2560. The van der Waals surface area contributed by atoms with E-state index in [1.807, 2.05) is 42.1 Å². The van der Waals surface area contributed by atoms with Gasteiger partial charge < -0.3 is 14.0 Å².